The monoisotopic (exact) mass is 289 g/mol. The maximum atomic E-state index is 13.6. The van der Waals surface area contributed by atoms with Gasteiger partial charge in [-0.15, -0.1) is 0 Å². The summed E-state index contributed by atoms with van der Waals surface area (Å²) in [6.07, 6.45) is 0. The van der Waals surface area contributed by atoms with Crippen LogP contribution in [-0.4, -0.2) is 10.8 Å². The molecule has 108 valence electrons. The molecule has 7 heteroatoms. The zero-order valence-electron chi connectivity index (χ0n) is 10.8. The van der Waals surface area contributed by atoms with Crippen molar-refractivity contribution in [2.45, 2.75) is 6.04 Å². The highest BCUT2D eigenvalue weighted by molar-refractivity contribution is 5.95. The Kier molecular flexibility index (Phi) is 4.24. The topological polar surface area (TPSA) is 98.3 Å². The van der Waals surface area contributed by atoms with Gasteiger partial charge in [-0.3, -0.25) is 14.9 Å². The number of nitrogens with two attached hydrogens (primary N) is 1. The molecular weight excluding hydrogens is 277 g/mol. The molecular formula is C14H12FN3O3. The van der Waals surface area contributed by atoms with Crippen molar-refractivity contribution in [2.75, 3.05) is 5.32 Å². The molecule has 0 radical (unpaired) electrons. The summed E-state index contributed by atoms with van der Waals surface area (Å²) in [4.78, 5) is 22.0. The molecule has 2 aromatic rings. The first kappa shape index (κ1) is 14.6. The second kappa shape index (κ2) is 6.10. The molecule has 0 aromatic heterocycles. The maximum absolute atomic E-state index is 13.6. The molecule has 0 saturated carbocycles. The molecule has 6 nitrogen and oxygen atoms in total. The minimum atomic E-state index is -0.995. The minimum absolute atomic E-state index is 0.277. The minimum Gasteiger partial charge on any atom is -0.322 e. The van der Waals surface area contributed by atoms with E-state index in [-0.39, 0.29) is 11.4 Å². The van der Waals surface area contributed by atoms with Crippen LogP contribution in [0.3, 0.4) is 0 Å². The fourth-order valence-electron chi connectivity index (χ4n) is 1.74. The number of rotatable bonds is 4. The molecule has 0 fully saturated rings. The summed E-state index contributed by atoms with van der Waals surface area (Å²) in [7, 11) is 0. The van der Waals surface area contributed by atoms with Crippen LogP contribution in [0.15, 0.2) is 48.5 Å². The molecule has 0 heterocycles. The Hall–Kier alpha value is -2.80. The summed E-state index contributed by atoms with van der Waals surface area (Å²) in [5.74, 6) is -1.42. The fraction of sp³-hybridized carbons (Fsp3) is 0.0714. The summed E-state index contributed by atoms with van der Waals surface area (Å²) < 4.78 is 13.6. The Morgan fingerprint density at radius 2 is 1.90 bits per heavy atom. The Morgan fingerprint density at radius 3 is 2.52 bits per heavy atom. The molecule has 1 amide bonds. The van der Waals surface area contributed by atoms with Gasteiger partial charge in [0.1, 0.15) is 11.9 Å². The van der Waals surface area contributed by atoms with Crippen molar-refractivity contribution >= 4 is 17.3 Å². The molecule has 0 bridgehead atoms. The van der Waals surface area contributed by atoms with Gasteiger partial charge in [-0.1, -0.05) is 30.3 Å². The third kappa shape index (κ3) is 3.40. The first-order valence-corrected chi connectivity index (χ1v) is 6.04. The largest absolute Gasteiger partial charge is 0.322 e. The number of nitro benzene ring substituents is 1. The van der Waals surface area contributed by atoms with Gasteiger partial charge in [-0.05, 0) is 11.6 Å². The van der Waals surface area contributed by atoms with E-state index in [1.165, 1.54) is 0 Å². The number of anilines is 1. The third-order valence-electron chi connectivity index (χ3n) is 2.86. The van der Waals surface area contributed by atoms with Crippen LogP contribution >= 0.6 is 0 Å². The van der Waals surface area contributed by atoms with E-state index in [4.69, 9.17) is 5.73 Å². The second-order valence-electron chi connectivity index (χ2n) is 4.30. The van der Waals surface area contributed by atoms with E-state index in [0.29, 0.717) is 5.56 Å². The van der Waals surface area contributed by atoms with E-state index in [0.717, 1.165) is 18.2 Å². The molecule has 21 heavy (non-hydrogen) atoms. The molecule has 2 rings (SSSR count). The van der Waals surface area contributed by atoms with Gasteiger partial charge in [-0.2, -0.15) is 0 Å². The van der Waals surface area contributed by atoms with E-state index < -0.39 is 22.7 Å². The third-order valence-corrected chi connectivity index (χ3v) is 2.86. The molecule has 1 atom stereocenters. The summed E-state index contributed by atoms with van der Waals surface area (Å²) in [5, 5.41) is 12.9. The Labute approximate surface area is 119 Å². The van der Waals surface area contributed by atoms with Crippen LogP contribution in [-0.2, 0) is 4.79 Å². The molecule has 0 unspecified atom stereocenters. The molecule has 0 spiro atoms. The first-order valence-electron chi connectivity index (χ1n) is 6.04. The Morgan fingerprint density at radius 1 is 1.24 bits per heavy atom. The van der Waals surface area contributed by atoms with Gasteiger partial charge >= 0.3 is 0 Å². The fourth-order valence-corrected chi connectivity index (χ4v) is 1.74. The molecule has 0 saturated heterocycles. The summed E-state index contributed by atoms with van der Waals surface area (Å²) in [6.45, 7) is 0. The summed E-state index contributed by atoms with van der Waals surface area (Å²) >= 11 is 0. The van der Waals surface area contributed by atoms with Gasteiger partial charge < -0.3 is 11.1 Å². The van der Waals surface area contributed by atoms with Gasteiger partial charge in [0.05, 0.1) is 10.6 Å². The number of hydrogen-bond acceptors (Lipinski definition) is 4. The number of non-ortho nitro benzene ring substituents is 1. The lowest BCUT2D eigenvalue weighted by Gasteiger charge is -2.12. The predicted molar refractivity (Wildman–Crippen MR) is 75.1 cm³/mol. The molecule has 3 N–H and O–H groups in total. The number of hydrogen-bond donors (Lipinski definition) is 2. The normalized spacial score (nSPS) is 11.7. The summed E-state index contributed by atoms with van der Waals surface area (Å²) in [6, 6.07) is 10.4. The first-order chi connectivity index (χ1) is 9.99. The van der Waals surface area contributed by atoms with Crippen molar-refractivity contribution in [2.24, 2.45) is 5.73 Å². The number of halogens is 1. The highest BCUT2D eigenvalue weighted by atomic mass is 19.1. The lowest BCUT2D eigenvalue weighted by molar-refractivity contribution is -0.384. The smallest absolute Gasteiger partial charge is 0.271 e. The van der Waals surface area contributed by atoms with Crippen LogP contribution < -0.4 is 11.1 Å². The quantitative estimate of drug-likeness (QED) is 0.666. The van der Waals surface area contributed by atoms with Crippen molar-refractivity contribution in [3.8, 4) is 0 Å². The number of nitrogens with one attached hydrogen (secondary N) is 1. The van der Waals surface area contributed by atoms with Crippen molar-refractivity contribution < 1.29 is 14.1 Å². The van der Waals surface area contributed by atoms with Gasteiger partial charge in [0.15, 0.2) is 0 Å². The Bertz CT molecular complexity index is 676. The van der Waals surface area contributed by atoms with Crippen LogP contribution in [0.5, 0.6) is 0 Å². The van der Waals surface area contributed by atoms with E-state index >= 15 is 0 Å². The van der Waals surface area contributed by atoms with Crippen molar-refractivity contribution in [1.82, 2.24) is 0 Å². The number of amides is 1. The predicted octanol–water partition coefficient (Wildman–Crippen LogP) is 2.37. The molecule has 0 aliphatic rings. The molecule has 0 aliphatic heterocycles. The van der Waals surface area contributed by atoms with E-state index in [1.54, 1.807) is 30.3 Å². The van der Waals surface area contributed by atoms with Crippen molar-refractivity contribution in [3.05, 3.63) is 70.0 Å². The lowest BCUT2D eigenvalue weighted by atomic mass is 10.1. The second-order valence-corrected chi connectivity index (χ2v) is 4.30. The number of benzene rings is 2. The average Bonchev–Trinajstić information content (AvgIpc) is 2.49. The number of nitro groups is 1. The standard InChI is InChI=1S/C14H12FN3O3/c15-11-7-6-10(18(20)21)8-12(11)17-14(19)13(16)9-4-2-1-3-5-9/h1-8,13H,16H2,(H,17,19)/t13-/m0/s1. The van der Waals surface area contributed by atoms with Gasteiger partial charge in [0, 0.05) is 12.1 Å². The van der Waals surface area contributed by atoms with Gasteiger partial charge in [0.2, 0.25) is 5.91 Å². The van der Waals surface area contributed by atoms with E-state index in [2.05, 4.69) is 5.32 Å². The summed E-state index contributed by atoms with van der Waals surface area (Å²) in [5.41, 5.74) is 5.73. The highest BCUT2D eigenvalue weighted by Crippen LogP contribution is 2.22. The highest BCUT2D eigenvalue weighted by Gasteiger charge is 2.18. The zero-order valence-corrected chi connectivity index (χ0v) is 10.8. The average molecular weight is 289 g/mol. The molecule has 0 aliphatic carbocycles. The van der Waals surface area contributed by atoms with Crippen LogP contribution in [0.4, 0.5) is 15.8 Å². The van der Waals surface area contributed by atoms with Crippen LogP contribution in [0.25, 0.3) is 0 Å². The van der Waals surface area contributed by atoms with Gasteiger partial charge in [0.25, 0.3) is 5.69 Å². The van der Waals surface area contributed by atoms with Crippen LogP contribution in [0.1, 0.15) is 11.6 Å². The van der Waals surface area contributed by atoms with Crippen molar-refractivity contribution in [3.63, 3.8) is 0 Å². The maximum Gasteiger partial charge on any atom is 0.271 e. The van der Waals surface area contributed by atoms with Crippen molar-refractivity contribution in [1.29, 1.82) is 0 Å². The van der Waals surface area contributed by atoms with E-state index in [9.17, 15) is 19.3 Å². The Balaban J connectivity index is 2.20. The van der Waals surface area contributed by atoms with E-state index in [1.807, 2.05) is 0 Å². The SMILES string of the molecule is N[C@H](C(=O)Nc1cc([N+](=O)[O-])ccc1F)c1ccccc1. The lowest BCUT2D eigenvalue weighted by Crippen LogP contribution is -2.28. The van der Waals surface area contributed by atoms with Crippen LogP contribution in [0.2, 0.25) is 0 Å². The van der Waals surface area contributed by atoms with Gasteiger partial charge in [-0.25, -0.2) is 4.39 Å². The molecule has 2 aromatic carbocycles. The zero-order chi connectivity index (χ0) is 15.4. The number of nitrogens with zero attached hydrogens (tertiary/aromatic N) is 1. The van der Waals surface area contributed by atoms with Crippen LogP contribution in [0, 0.1) is 15.9 Å². The number of carbonyl (C=O) groups excluding carboxylic acids is 1. The number of carbonyl (C=O) groups is 1.